The van der Waals surface area contributed by atoms with Crippen LogP contribution in [0.15, 0.2) is 30.5 Å². The van der Waals surface area contributed by atoms with Gasteiger partial charge in [0.15, 0.2) is 6.61 Å². The Balaban J connectivity index is 1.89. The second-order valence-corrected chi connectivity index (χ2v) is 4.83. The van der Waals surface area contributed by atoms with Crippen LogP contribution in [0.2, 0.25) is 0 Å². The Morgan fingerprint density at radius 1 is 1.38 bits per heavy atom. The van der Waals surface area contributed by atoms with Gasteiger partial charge in [-0.25, -0.2) is 0 Å². The number of benzene rings is 1. The molecule has 1 heterocycles. The van der Waals surface area contributed by atoms with Crippen molar-refractivity contribution in [2.24, 2.45) is 7.05 Å². The zero-order chi connectivity index (χ0) is 15.1. The molecule has 2 aromatic rings. The summed E-state index contributed by atoms with van der Waals surface area (Å²) < 4.78 is 7.15. The Morgan fingerprint density at radius 2 is 2.24 bits per heavy atom. The average Bonchev–Trinajstić information content (AvgIpc) is 2.86. The third-order valence-corrected chi connectivity index (χ3v) is 3.17. The molecule has 110 valence electrons. The quantitative estimate of drug-likeness (QED) is 0.846. The Morgan fingerprint density at radius 3 is 3.00 bits per heavy atom. The van der Waals surface area contributed by atoms with Crippen LogP contribution in [0, 0.1) is 11.3 Å². The predicted molar refractivity (Wildman–Crippen MR) is 80.7 cm³/mol. The Hall–Kier alpha value is -2.32. The lowest BCUT2D eigenvalue weighted by molar-refractivity contribution is 0.367. The van der Waals surface area contributed by atoms with Gasteiger partial charge in [-0.1, -0.05) is 19.1 Å². The van der Waals surface area contributed by atoms with E-state index in [-0.39, 0.29) is 6.61 Å². The molecule has 5 heteroatoms. The Bertz CT molecular complexity index is 627. The fraction of sp³-hybridized carbons (Fsp3) is 0.375. The van der Waals surface area contributed by atoms with E-state index in [1.54, 1.807) is 0 Å². The molecular weight excluding hydrogens is 264 g/mol. The second-order valence-electron chi connectivity index (χ2n) is 4.83. The van der Waals surface area contributed by atoms with Gasteiger partial charge in [0.05, 0.1) is 5.69 Å². The summed E-state index contributed by atoms with van der Waals surface area (Å²) in [5.41, 5.74) is 3.50. The fourth-order valence-corrected chi connectivity index (χ4v) is 2.23. The second kappa shape index (κ2) is 7.46. The van der Waals surface area contributed by atoms with Gasteiger partial charge < -0.3 is 10.1 Å². The lowest BCUT2D eigenvalue weighted by Gasteiger charge is -2.07. The first-order valence-corrected chi connectivity index (χ1v) is 7.03. The molecule has 2 rings (SSSR count). The van der Waals surface area contributed by atoms with Crippen molar-refractivity contribution >= 4 is 0 Å². The van der Waals surface area contributed by atoms with Crippen LogP contribution >= 0.6 is 0 Å². The maximum absolute atomic E-state index is 8.52. The number of aryl methyl sites for hydroxylation is 2. The van der Waals surface area contributed by atoms with E-state index >= 15 is 0 Å². The normalized spacial score (nSPS) is 10.3. The largest absolute Gasteiger partial charge is 0.479 e. The standard InChI is InChI=1S/C16H20N4O/c1-3-16-14(12-20(2)19-16)11-18-10-13-5-4-6-15(9-13)21-8-7-17/h4-6,9,12,18H,3,8,10-11H2,1-2H3. The van der Waals surface area contributed by atoms with Crippen molar-refractivity contribution in [3.63, 3.8) is 0 Å². The van der Waals surface area contributed by atoms with Gasteiger partial charge in [0, 0.05) is 31.9 Å². The van der Waals surface area contributed by atoms with E-state index in [2.05, 4.69) is 23.5 Å². The SMILES string of the molecule is CCc1nn(C)cc1CNCc1cccc(OCC#N)c1. The van der Waals surface area contributed by atoms with Crippen molar-refractivity contribution in [2.45, 2.75) is 26.4 Å². The minimum atomic E-state index is 0.0758. The minimum absolute atomic E-state index is 0.0758. The smallest absolute Gasteiger partial charge is 0.174 e. The molecule has 0 radical (unpaired) electrons. The van der Waals surface area contributed by atoms with Crippen LogP contribution in [0.5, 0.6) is 5.75 Å². The highest BCUT2D eigenvalue weighted by Crippen LogP contribution is 2.13. The van der Waals surface area contributed by atoms with Crippen molar-refractivity contribution in [2.75, 3.05) is 6.61 Å². The molecule has 0 amide bonds. The van der Waals surface area contributed by atoms with E-state index in [9.17, 15) is 0 Å². The zero-order valence-corrected chi connectivity index (χ0v) is 12.5. The van der Waals surface area contributed by atoms with Crippen LogP contribution in [0.4, 0.5) is 0 Å². The number of nitrogens with zero attached hydrogens (tertiary/aromatic N) is 3. The van der Waals surface area contributed by atoms with E-state index in [4.69, 9.17) is 10.00 Å². The summed E-state index contributed by atoms with van der Waals surface area (Å²) in [6.07, 6.45) is 2.99. The first-order valence-electron chi connectivity index (χ1n) is 7.03. The third kappa shape index (κ3) is 4.33. The number of nitrogens with one attached hydrogen (secondary N) is 1. The van der Waals surface area contributed by atoms with Gasteiger partial charge in [0.1, 0.15) is 11.8 Å². The lowest BCUT2D eigenvalue weighted by Crippen LogP contribution is -2.13. The molecule has 0 saturated carbocycles. The first-order chi connectivity index (χ1) is 10.2. The van der Waals surface area contributed by atoms with E-state index in [1.807, 2.05) is 42.1 Å². The summed E-state index contributed by atoms with van der Waals surface area (Å²) in [4.78, 5) is 0. The molecule has 0 atom stereocenters. The monoisotopic (exact) mass is 284 g/mol. The molecule has 0 saturated heterocycles. The minimum Gasteiger partial charge on any atom is -0.479 e. The number of rotatable bonds is 7. The van der Waals surface area contributed by atoms with Gasteiger partial charge in [-0.3, -0.25) is 4.68 Å². The molecule has 21 heavy (non-hydrogen) atoms. The summed E-state index contributed by atoms with van der Waals surface area (Å²) in [5.74, 6) is 0.728. The van der Waals surface area contributed by atoms with Crippen LogP contribution in [0.25, 0.3) is 0 Å². The third-order valence-electron chi connectivity index (χ3n) is 3.17. The van der Waals surface area contributed by atoms with Gasteiger partial charge in [0.2, 0.25) is 0 Å². The van der Waals surface area contributed by atoms with Gasteiger partial charge in [0.25, 0.3) is 0 Å². The summed E-state index contributed by atoms with van der Waals surface area (Å²) in [6, 6.07) is 9.75. The molecule has 5 nitrogen and oxygen atoms in total. The molecule has 1 N–H and O–H groups in total. The van der Waals surface area contributed by atoms with Crippen molar-refractivity contribution in [3.05, 3.63) is 47.3 Å². The van der Waals surface area contributed by atoms with Crippen LogP contribution in [-0.4, -0.2) is 16.4 Å². The highest BCUT2D eigenvalue weighted by atomic mass is 16.5. The van der Waals surface area contributed by atoms with E-state index in [1.165, 1.54) is 5.56 Å². The number of aromatic nitrogens is 2. The highest BCUT2D eigenvalue weighted by molar-refractivity contribution is 5.28. The average molecular weight is 284 g/mol. The Kier molecular flexibility index (Phi) is 5.35. The Labute approximate surface area is 125 Å². The van der Waals surface area contributed by atoms with Gasteiger partial charge in [-0.05, 0) is 24.1 Å². The molecule has 0 aliphatic carbocycles. The van der Waals surface area contributed by atoms with E-state index in [0.717, 1.165) is 36.5 Å². The molecule has 0 bridgehead atoms. The predicted octanol–water partition coefficient (Wildman–Crippen LogP) is 2.17. The maximum atomic E-state index is 8.52. The summed E-state index contributed by atoms with van der Waals surface area (Å²) in [7, 11) is 1.94. The van der Waals surface area contributed by atoms with Crippen LogP contribution in [-0.2, 0) is 26.6 Å². The summed E-state index contributed by atoms with van der Waals surface area (Å²) >= 11 is 0. The fourth-order valence-electron chi connectivity index (χ4n) is 2.23. The molecule has 0 unspecified atom stereocenters. The number of hydrogen-bond donors (Lipinski definition) is 1. The van der Waals surface area contributed by atoms with E-state index in [0.29, 0.717) is 0 Å². The van der Waals surface area contributed by atoms with E-state index < -0.39 is 0 Å². The number of ether oxygens (including phenoxy) is 1. The lowest BCUT2D eigenvalue weighted by atomic mass is 10.2. The summed E-state index contributed by atoms with van der Waals surface area (Å²) in [5, 5.41) is 16.4. The topological polar surface area (TPSA) is 62.9 Å². The van der Waals surface area contributed by atoms with Gasteiger partial charge >= 0.3 is 0 Å². The number of hydrogen-bond acceptors (Lipinski definition) is 4. The maximum Gasteiger partial charge on any atom is 0.174 e. The first kappa shape index (κ1) is 15.1. The van der Waals surface area contributed by atoms with Crippen LogP contribution in [0.1, 0.15) is 23.7 Å². The number of nitriles is 1. The van der Waals surface area contributed by atoms with Crippen LogP contribution < -0.4 is 10.1 Å². The van der Waals surface area contributed by atoms with Crippen molar-refractivity contribution in [1.82, 2.24) is 15.1 Å². The van der Waals surface area contributed by atoms with Gasteiger partial charge in [-0.15, -0.1) is 0 Å². The molecule has 0 fully saturated rings. The molecular formula is C16H20N4O. The van der Waals surface area contributed by atoms with Gasteiger partial charge in [-0.2, -0.15) is 10.4 Å². The van der Waals surface area contributed by atoms with Crippen LogP contribution in [0.3, 0.4) is 0 Å². The zero-order valence-electron chi connectivity index (χ0n) is 12.5. The van der Waals surface area contributed by atoms with Crippen molar-refractivity contribution < 1.29 is 4.74 Å². The summed E-state index contributed by atoms with van der Waals surface area (Å²) in [6.45, 7) is 3.73. The molecule has 0 aliphatic rings. The highest BCUT2D eigenvalue weighted by Gasteiger charge is 2.05. The molecule has 1 aromatic heterocycles. The molecule has 0 aliphatic heterocycles. The van der Waals surface area contributed by atoms with Crippen molar-refractivity contribution in [3.8, 4) is 11.8 Å². The molecule has 0 spiro atoms. The molecule has 1 aromatic carbocycles. The van der Waals surface area contributed by atoms with Crippen molar-refractivity contribution in [1.29, 1.82) is 5.26 Å².